The first-order chi connectivity index (χ1) is 15.7. The molecule has 0 saturated carbocycles. The Morgan fingerprint density at radius 1 is 0.938 bits per heavy atom. The van der Waals surface area contributed by atoms with E-state index < -0.39 is 0 Å². The standard InChI is InChI=1S/C26H35N3O3/c1-2-3-4-5-8-18-32-24-11-9-10-23(19-24)28-25(30)20-27-22-14-12-21(13-15-22)26(31)29-16-6-7-17-29/h9-15,19,27H,2-8,16-18,20H2,1H3,(H,28,30). The molecule has 0 bridgehead atoms. The van der Waals surface area contributed by atoms with Gasteiger partial charge in [-0.2, -0.15) is 0 Å². The van der Waals surface area contributed by atoms with Gasteiger partial charge in [0.15, 0.2) is 0 Å². The molecular formula is C26H35N3O3. The summed E-state index contributed by atoms with van der Waals surface area (Å²) in [5.41, 5.74) is 2.20. The number of likely N-dealkylation sites (tertiary alicyclic amines) is 1. The number of amides is 2. The van der Waals surface area contributed by atoms with Gasteiger partial charge in [-0.15, -0.1) is 0 Å². The predicted octanol–water partition coefficient (Wildman–Crippen LogP) is 5.32. The molecule has 0 radical (unpaired) electrons. The van der Waals surface area contributed by atoms with Crippen LogP contribution in [0.3, 0.4) is 0 Å². The first-order valence-electron chi connectivity index (χ1n) is 11.8. The predicted molar refractivity (Wildman–Crippen MR) is 129 cm³/mol. The maximum atomic E-state index is 12.4. The number of carbonyl (C=O) groups is 2. The summed E-state index contributed by atoms with van der Waals surface area (Å²) in [7, 11) is 0. The molecule has 2 N–H and O–H groups in total. The van der Waals surface area contributed by atoms with Crippen LogP contribution >= 0.6 is 0 Å². The highest BCUT2D eigenvalue weighted by Crippen LogP contribution is 2.18. The van der Waals surface area contributed by atoms with Gasteiger partial charge in [-0.3, -0.25) is 9.59 Å². The van der Waals surface area contributed by atoms with Crippen LogP contribution in [0, 0.1) is 0 Å². The van der Waals surface area contributed by atoms with Crippen molar-refractivity contribution in [1.29, 1.82) is 0 Å². The zero-order valence-electron chi connectivity index (χ0n) is 19.1. The fourth-order valence-electron chi connectivity index (χ4n) is 3.78. The third-order valence-electron chi connectivity index (χ3n) is 5.61. The fourth-order valence-corrected chi connectivity index (χ4v) is 3.78. The Balaban J connectivity index is 1.40. The number of unbranched alkanes of at least 4 members (excludes halogenated alkanes) is 4. The van der Waals surface area contributed by atoms with Crippen LogP contribution in [0.4, 0.5) is 11.4 Å². The minimum absolute atomic E-state index is 0.0786. The first kappa shape index (κ1) is 23.6. The smallest absolute Gasteiger partial charge is 0.253 e. The average Bonchev–Trinajstić information content (AvgIpc) is 3.35. The Bertz CT molecular complexity index is 861. The van der Waals surface area contributed by atoms with E-state index in [-0.39, 0.29) is 18.4 Å². The van der Waals surface area contributed by atoms with Gasteiger partial charge in [-0.1, -0.05) is 38.7 Å². The Hall–Kier alpha value is -3.02. The largest absolute Gasteiger partial charge is 0.494 e. The number of nitrogens with zero attached hydrogens (tertiary/aromatic N) is 1. The monoisotopic (exact) mass is 437 g/mol. The molecule has 1 aliphatic rings. The molecule has 172 valence electrons. The lowest BCUT2D eigenvalue weighted by Crippen LogP contribution is -2.27. The summed E-state index contributed by atoms with van der Waals surface area (Å²) in [6.45, 7) is 4.72. The van der Waals surface area contributed by atoms with Crippen molar-refractivity contribution in [2.45, 2.75) is 51.9 Å². The lowest BCUT2D eigenvalue weighted by molar-refractivity contribution is -0.114. The maximum Gasteiger partial charge on any atom is 0.253 e. The molecule has 6 heteroatoms. The molecule has 1 fully saturated rings. The van der Waals surface area contributed by atoms with Gasteiger partial charge < -0.3 is 20.3 Å². The Morgan fingerprint density at radius 2 is 1.69 bits per heavy atom. The number of nitrogens with one attached hydrogen (secondary N) is 2. The Morgan fingerprint density at radius 3 is 2.44 bits per heavy atom. The minimum atomic E-state index is -0.140. The highest BCUT2D eigenvalue weighted by molar-refractivity contribution is 5.95. The van der Waals surface area contributed by atoms with Crippen molar-refractivity contribution in [3.8, 4) is 5.75 Å². The fraction of sp³-hybridized carbons (Fsp3) is 0.462. The lowest BCUT2D eigenvalue weighted by atomic mass is 10.2. The molecule has 32 heavy (non-hydrogen) atoms. The maximum absolute atomic E-state index is 12.4. The highest BCUT2D eigenvalue weighted by atomic mass is 16.5. The molecule has 1 saturated heterocycles. The van der Waals surface area contributed by atoms with Crippen LogP contribution in [0.5, 0.6) is 5.75 Å². The van der Waals surface area contributed by atoms with Crippen molar-refractivity contribution in [1.82, 2.24) is 4.90 Å². The van der Waals surface area contributed by atoms with Crippen LogP contribution in [-0.2, 0) is 4.79 Å². The van der Waals surface area contributed by atoms with Crippen LogP contribution in [-0.4, -0.2) is 43.0 Å². The van der Waals surface area contributed by atoms with E-state index in [0.717, 1.165) is 43.8 Å². The molecule has 2 aromatic carbocycles. The normalized spacial score (nSPS) is 13.1. The number of carbonyl (C=O) groups excluding carboxylic acids is 2. The van der Waals surface area contributed by atoms with Gasteiger partial charge in [0.05, 0.1) is 13.2 Å². The van der Waals surface area contributed by atoms with Gasteiger partial charge in [-0.25, -0.2) is 0 Å². The molecule has 6 nitrogen and oxygen atoms in total. The van der Waals surface area contributed by atoms with Crippen molar-refractivity contribution in [2.75, 3.05) is 36.9 Å². The third-order valence-corrected chi connectivity index (χ3v) is 5.61. The molecule has 2 aromatic rings. The van der Waals surface area contributed by atoms with Gasteiger partial charge in [-0.05, 0) is 55.7 Å². The topological polar surface area (TPSA) is 70.7 Å². The van der Waals surface area contributed by atoms with E-state index in [1.807, 2.05) is 53.4 Å². The Labute approximate surface area is 191 Å². The van der Waals surface area contributed by atoms with Crippen molar-refractivity contribution in [3.05, 3.63) is 54.1 Å². The van der Waals surface area contributed by atoms with Gasteiger partial charge >= 0.3 is 0 Å². The number of rotatable bonds is 12. The molecule has 1 aliphatic heterocycles. The summed E-state index contributed by atoms with van der Waals surface area (Å²) in [4.78, 5) is 26.6. The zero-order valence-corrected chi connectivity index (χ0v) is 19.1. The summed E-state index contributed by atoms with van der Waals surface area (Å²) in [6, 6.07) is 14.8. The van der Waals surface area contributed by atoms with Crippen LogP contribution in [0.25, 0.3) is 0 Å². The van der Waals surface area contributed by atoms with Gasteiger partial charge in [0.25, 0.3) is 5.91 Å². The SMILES string of the molecule is CCCCCCCOc1cccc(NC(=O)CNc2ccc(C(=O)N3CCCC3)cc2)c1. The van der Waals surface area contributed by atoms with Crippen molar-refractivity contribution >= 4 is 23.2 Å². The quantitative estimate of drug-likeness (QED) is 0.441. The van der Waals surface area contributed by atoms with Crippen molar-refractivity contribution < 1.29 is 14.3 Å². The molecule has 0 atom stereocenters. The second-order valence-electron chi connectivity index (χ2n) is 8.27. The zero-order chi connectivity index (χ0) is 22.6. The molecule has 0 aliphatic carbocycles. The molecule has 0 aromatic heterocycles. The van der Waals surface area contributed by atoms with Crippen LogP contribution < -0.4 is 15.4 Å². The molecule has 1 heterocycles. The second-order valence-corrected chi connectivity index (χ2v) is 8.27. The summed E-state index contributed by atoms with van der Waals surface area (Å²) >= 11 is 0. The van der Waals surface area contributed by atoms with Gasteiger partial charge in [0.2, 0.25) is 5.91 Å². The van der Waals surface area contributed by atoms with E-state index in [2.05, 4.69) is 17.6 Å². The number of hydrogen-bond acceptors (Lipinski definition) is 4. The van der Waals surface area contributed by atoms with E-state index in [4.69, 9.17) is 4.74 Å². The summed E-state index contributed by atoms with van der Waals surface area (Å²) in [6.07, 6.45) is 8.15. The number of ether oxygens (including phenoxy) is 1. The minimum Gasteiger partial charge on any atom is -0.494 e. The number of anilines is 2. The average molecular weight is 438 g/mol. The van der Waals surface area contributed by atoms with Gasteiger partial charge in [0.1, 0.15) is 5.75 Å². The second kappa shape index (κ2) is 12.7. The van der Waals surface area contributed by atoms with E-state index >= 15 is 0 Å². The van der Waals surface area contributed by atoms with Gasteiger partial charge in [0, 0.05) is 36.1 Å². The van der Waals surface area contributed by atoms with E-state index in [0.29, 0.717) is 17.9 Å². The lowest BCUT2D eigenvalue weighted by Gasteiger charge is -2.15. The number of hydrogen-bond donors (Lipinski definition) is 2. The first-order valence-corrected chi connectivity index (χ1v) is 11.8. The molecule has 0 spiro atoms. The van der Waals surface area contributed by atoms with E-state index in [1.54, 1.807) is 0 Å². The Kier molecular flexibility index (Phi) is 9.41. The summed E-state index contributed by atoms with van der Waals surface area (Å²) in [5, 5.41) is 6.00. The third kappa shape index (κ3) is 7.59. The molecular weight excluding hydrogens is 402 g/mol. The van der Waals surface area contributed by atoms with Crippen molar-refractivity contribution in [3.63, 3.8) is 0 Å². The summed E-state index contributed by atoms with van der Waals surface area (Å²) in [5.74, 6) is 0.707. The van der Waals surface area contributed by atoms with Crippen LogP contribution in [0.15, 0.2) is 48.5 Å². The van der Waals surface area contributed by atoms with Crippen LogP contribution in [0.2, 0.25) is 0 Å². The highest BCUT2D eigenvalue weighted by Gasteiger charge is 2.19. The molecule has 0 unspecified atom stereocenters. The summed E-state index contributed by atoms with van der Waals surface area (Å²) < 4.78 is 5.81. The number of benzene rings is 2. The van der Waals surface area contributed by atoms with E-state index in [9.17, 15) is 9.59 Å². The van der Waals surface area contributed by atoms with Crippen molar-refractivity contribution in [2.24, 2.45) is 0 Å². The molecule has 2 amide bonds. The molecule has 3 rings (SSSR count). The van der Waals surface area contributed by atoms with Crippen LogP contribution in [0.1, 0.15) is 62.2 Å². The van der Waals surface area contributed by atoms with E-state index in [1.165, 1.54) is 25.7 Å².